The van der Waals surface area contributed by atoms with Gasteiger partial charge in [-0.2, -0.15) is 0 Å². The third-order valence-electron chi connectivity index (χ3n) is 5.97. The number of fused-ring (bicyclic) bond motifs is 1. The molecule has 35 heavy (non-hydrogen) atoms. The summed E-state index contributed by atoms with van der Waals surface area (Å²) in [6, 6.07) is 12.0. The molecule has 5 rings (SSSR count). The van der Waals surface area contributed by atoms with Gasteiger partial charge in [-0.15, -0.1) is 0 Å². The number of primary amides is 1. The average Bonchev–Trinajstić information content (AvgIpc) is 3.44. The summed E-state index contributed by atoms with van der Waals surface area (Å²) in [5.41, 5.74) is 11.0. The Morgan fingerprint density at radius 3 is 2.63 bits per heavy atom. The molecule has 0 saturated carbocycles. The van der Waals surface area contributed by atoms with Gasteiger partial charge in [0.1, 0.15) is 17.4 Å². The van der Waals surface area contributed by atoms with Gasteiger partial charge in [0.2, 0.25) is 0 Å². The Kier molecular flexibility index (Phi) is 6.55. The van der Waals surface area contributed by atoms with Gasteiger partial charge in [-0.3, -0.25) is 4.79 Å². The second-order valence-corrected chi connectivity index (χ2v) is 8.28. The zero-order valence-electron chi connectivity index (χ0n) is 19.0. The van der Waals surface area contributed by atoms with Gasteiger partial charge in [-0.05, 0) is 73.4 Å². The Balaban J connectivity index is 0.00000289. The van der Waals surface area contributed by atoms with E-state index >= 15 is 0 Å². The number of imidazole rings is 2. The number of methoxy groups -OCH3 is 1. The molecule has 0 spiro atoms. The zero-order chi connectivity index (χ0) is 23.8. The molecule has 8 heteroatoms. The maximum Gasteiger partial charge on any atom is 0.269 e. The van der Waals surface area contributed by atoms with Crippen LogP contribution in [0.1, 0.15) is 47.8 Å². The molecule has 2 aromatic heterocycles. The minimum Gasteiger partial charge on any atom is -0.495 e. The van der Waals surface area contributed by atoms with Gasteiger partial charge in [-0.1, -0.05) is 13.5 Å². The first-order valence-electron chi connectivity index (χ1n) is 11.0. The van der Waals surface area contributed by atoms with Crippen molar-refractivity contribution in [2.24, 2.45) is 5.73 Å². The standard InChI is InChI=1S/C26H24FN5O2.CH4/c1-16-14-31(15-29-16)21-10-5-17(13-22(21)34-2)12-19-4-3-11-32-24(18-6-8-20(27)9-7-18)23(25(28)33)30-26(19)32;/h5-10,12-15H,3-4,11H2,1-2H3,(H2,28,33);1H4/b19-12+;. The number of allylic oxidation sites excluding steroid dienone is 1. The van der Waals surface area contributed by atoms with Crippen molar-refractivity contribution >= 4 is 17.6 Å². The van der Waals surface area contributed by atoms with Crippen LogP contribution in [0, 0.1) is 12.7 Å². The van der Waals surface area contributed by atoms with Crippen LogP contribution < -0.4 is 10.5 Å². The lowest BCUT2D eigenvalue weighted by Gasteiger charge is -2.20. The fourth-order valence-electron chi connectivity index (χ4n) is 4.42. The van der Waals surface area contributed by atoms with Crippen LogP contribution in [0.5, 0.6) is 5.75 Å². The molecule has 0 bridgehead atoms. The van der Waals surface area contributed by atoms with E-state index in [9.17, 15) is 9.18 Å². The van der Waals surface area contributed by atoms with Crippen molar-refractivity contribution in [3.05, 3.63) is 83.6 Å². The van der Waals surface area contributed by atoms with Crippen molar-refractivity contribution < 1.29 is 13.9 Å². The molecule has 0 aliphatic carbocycles. The third kappa shape index (κ3) is 4.47. The number of carbonyl (C=O) groups excluding carboxylic acids is 1. The van der Waals surface area contributed by atoms with E-state index in [1.807, 2.05) is 40.5 Å². The smallest absolute Gasteiger partial charge is 0.269 e. The van der Waals surface area contributed by atoms with E-state index in [0.717, 1.165) is 41.1 Å². The van der Waals surface area contributed by atoms with E-state index in [1.165, 1.54) is 12.1 Å². The van der Waals surface area contributed by atoms with Crippen LogP contribution >= 0.6 is 0 Å². The van der Waals surface area contributed by atoms with Crippen molar-refractivity contribution in [2.45, 2.75) is 33.7 Å². The van der Waals surface area contributed by atoms with Crippen molar-refractivity contribution in [3.63, 3.8) is 0 Å². The minimum absolute atomic E-state index is 0. The normalized spacial score (nSPS) is 13.9. The summed E-state index contributed by atoms with van der Waals surface area (Å²) in [6.45, 7) is 2.63. The number of benzene rings is 2. The lowest BCUT2D eigenvalue weighted by Crippen LogP contribution is -2.14. The van der Waals surface area contributed by atoms with Crippen molar-refractivity contribution in [3.8, 4) is 22.7 Å². The Labute approximate surface area is 203 Å². The van der Waals surface area contributed by atoms with Crippen molar-refractivity contribution in [1.29, 1.82) is 0 Å². The molecule has 2 aromatic carbocycles. The summed E-state index contributed by atoms with van der Waals surface area (Å²) in [5.74, 6) is 0.470. The van der Waals surface area contributed by atoms with E-state index in [-0.39, 0.29) is 18.9 Å². The molecule has 0 fully saturated rings. The Hall–Kier alpha value is -4.20. The van der Waals surface area contributed by atoms with E-state index in [4.69, 9.17) is 10.5 Å². The Morgan fingerprint density at radius 2 is 1.97 bits per heavy atom. The SMILES string of the molecule is C.COc1cc(/C=C2\CCCn3c2nc(C(N)=O)c3-c2ccc(F)cc2)ccc1-n1cnc(C)c1. The van der Waals surface area contributed by atoms with Crippen LogP contribution in [0.3, 0.4) is 0 Å². The summed E-state index contributed by atoms with van der Waals surface area (Å²) in [5, 5.41) is 0. The monoisotopic (exact) mass is 473 g/mol. The number of hydrogen-bond acceptors (Lipinski definition) is 4. The van der Waals surface area contributed by atoms with Crippen LogP contribution in [-0.4, -0.2) is 32.1 Å². The fourth-order valence-corrected chi connectivity index (χ4v) is 4.42. The number of halogens is 1. The molecule has 180 valence electrons. The third-order valence-corrected chi connectivity index (χ3v) is 5.97. The minimum atomic E-state index is -0.609. The molecular weight excluding hydrogens is 445 g/mol. The largest absolute Gasteiger partial charge is 0.495 e. The van der Waals surface area contributed by atoms with Crippen LogP contribution in [0.2, 0.25) is 0 Å². The number of amides is 1. The first kappa shape index (κ1) is 23.9. The highest BCUT2D eigenvalue weighted by molar-refractivity contribution is 5.98. The summed E-state index contributed by atoms with van der Waals surface area (Å²) in [7, 11) is 1.64. The molecule has 0 saturated heterocycles. The number of nitrogens with zero attached hydrogens (tertiary/aromatic N) is 4. The molecule has 2 N–H and O–H groups in total. The zero-order valence-corrected chi connectivity index (χ0v) is 19.0. The van der Waals surface area contributed by atoms with Gasteiger partial charge in [-0.25, -0.2) is 14.4 Å². The molecule has 3 heterocycles. The average molecular weight is 474 g/mol. The van der Waals surface area contributed by atoms with Gasteiger partial charge < -0.3 is 19.6 Å². The molecule has 1 aliphatic rings. The van der Waals surface area contributed by atoms with E-state index < -0.39 is 5.91 Å². The number of nitrogens with two attached hydrogens (primary N) is 1. The van der Waals surface area contributed by atoms with Crippen LogP contribution in [0.25, 0.3) is 28.6 Å². The number of aromatic nitrogens is 4. The molecule has 0 unspecified atom stereocenters. The number of aryl methyl sites for hydroxylation is 1. The lowest BCUT2D eigenvalue weighted by molar-refractivity contribution is 0.0996. The second kappa shape index (κ2) is 9.58. The predicted octanol–water partition coefficient (Wildman–Crippen LogP) is 5.26. The molecular formula is C27H28FN5O2. The molecule has 4 aromatic rings. The van der Waals surface area contributed by atoms with E-state index in [2.05, 4.69) is 16.0 Å². The maximum absolute atomic E-state index is 13.5. The van der Waals surface area contributed by atoms with Crippen molar-refractivity contribution in [2.75, 3.05) is 7.11 Å². The lowest BCUT2D eigenvalue weighted by atomic mass is 10.0. The highest BCUT2D eigenvalue weighted by atomic mass is 19.1. The number of carbonyl (C=O) groups is 1. The summed E-state index contributed by atoms with van der Waals surface area (Å²) in [6.07, 6.45) is 7.44. The topological polar surface area (TPSA) is 88.0 Å². The number of rotatable bonds is 5. The summed E-state index contributed by atoms with van der Waals surface area (Å²) in [4.78, 5) is 21.1. The van der Waals surface area contributed by atoms with Gasteiger partial charge in [0, 0.05) is 18.3 Å². The van der Waals surface area contributed by atoms with E-state index in [1.54, 1.807) is 25.6 Å². The molecule has 1 amide bonds. The number of hydrogen-bond donors (Lipinski definition) is 1. The maximum atomic E-state index is 13.5. The highest BCUT2D eigenvalue weighted by Gasteiger charge is 2.26. The first-order chi connectivity index (χ1) is 16.4. The van der Waals surface area contributed by atoms with Crippen molar-refractivity contribution in [1.82, 2.24) is 19.1 Å². The Bertz CT molecular complexity index is 1420. The second-order valence-electron chi connectivity index (χ2n) is 8.28. The van der Waals surface area contributed by atoms with Crippen LogP contribution in [0.4, 0.5) is 4.39 Å². The molecule has 0 radical (unpaired) electrons. The quantitative estimate of drug-likeness (QED) is 0.428. The highest BCUT2D eigenvalue weighted by Crippen LogP contribution is 2.35. The van der Waals surface area contributed by atoms with Crippen LogP contribution in [0.15, 0.2) is 55.0 Å². The van der Waals surface area contributed by atoms with Gasteiger partial charge >= 0.3 is 0 Å². The number of ether oxygens (including phenoxy) is 1. The van der Waals surface area contributed by atoms with Gasteiger partial charge in [0.05, 0.1) is 30.5 Å². The van der Waals surface area contributed by atoms with Gasteiger partial charge in [0.15, 0.2) is 5.69 Å². The predicted molar refractivity (Wildman–Crippen MR) is 135 cm³/mol. The molecule has 0 atom stereocenters. The Morgan fingerprint density at radius 1 is 1.20 bits per heavy atom. The summed E-state index contributed by atoms with van der Waals surface area (Å²) < 4.78 is 23.1. The van der Waals surface area contributed by atoms with E-state index in [0.29, 0.717) is 23.6 Å². The van der Waals surface area contributed by atoms with Crippen LogP contribution in [-0.2, 0) is 6.54 Å². The van der Waals surface area contributed by atoms with Gasteiger partial charge in [0.25, 0.3) is 5.91 Å². The first-order valence-corrected chi connectivity index (χ1v) is 11.0. The summed E-state index contributed by atoms with van der Waals surface area (Å²) >= 11 is 0. The molecule has 7 nitrogen and oxygen atoms in total. The fraction of sp³-hybridized carbons (Fsp3) is 0.222. The molecule has 1 aliphatic heterocycles.